The summed E-state index contributed by atoms with van der Waals surface area (Å²) < 4.78 is 2.12. The van der Waals surface area contributed by atoms with E-state index in [2.05, 4.69) is 52.9 Å². The summed E-state index contributed by atoms with van der Waals surface area (Å²) in [4.78, 5) is 15.9. The van der Waals surface area contributed by atoms with Crippen LogP contribution in [-0.2, 0) is 16.8 Å². The van der Waals surface area contributed by atoms with Gasteiger partial charge < -0.3 is 10.8 Å². The molecule has 1 aliphatic rings. The number of fused-ring (bicyclic) bond motifs is 1. The van der Waals surface area contributed by atoms with E-state index in [0.717, 1.165) is 53.0 Å². The second-order valence-electron chi connectivity index (χ2n) is 8.77. The van der Waals surface area contributed by atoms with E-state index in [0.29, 0.717) is 6.42 Å². The van der Waals surface area contributed by atoms with Gasteiger partial charge in [0.15, 0.2) is 0 Å². The molecule has 32 heavy (non-hydrogen) atoms. The lowest BCUT2D eigenvalue weighted by Crippen LogP contribution is -2.43. The second-order valence-corrected chi connectivity index (χ2v) is 8.77. The molecule has 1 saturated carbocycles. The molecule has 2 aromatic heterocycles. The van der Waals surface area contributed by atoms with Crippen LogP contribution in [0.5, 0.6) is 0 Å². The highest BCUT2D eigenvalue weighted by molar-refractivity contribution is 5.82. The van der Waals surface area contributed by atoms with Crippen molar-refractivity contribution >= 4 is 11.6 Å². The number of nitrogens with zero attached hydrogens (tertiary/aromatic N) is 2. The van der Waals surface area contributed by atoms with E-state index in [-0.39, 0.29) is 12.0 Å². The average molecular weight is 426 g/mol. The summed E-state index contributed by atoms with van der Waals surface area (Å²) in [6.45, 7) is 0. The van der Waals surface area contributed by atoms with Gasteiger partial charge in [0.25, 0.3) is 0 Å². The average Bonchev–Trinajstić information content (AvgIpc) is 3.17. The van der Waals surface area contributed by atoms with Crippen molar-refractivity contribution in [3.63, 3.8) is 0 Å². The van der Waals surface area contributed by atoms with Crippen LogP contribution in [0.1, 0.15) is 43.2 Å². The first-order valence-corrected chi connectivity index (χ1v) is 11.2. The van der Waals surface area contributed by atoms with Gasteiger partial charge in [0.1, 0.15) is 5.65 Å². The van der Waals surface area contributed by atoms with Crippen LogP contribution in [0.15, 0.2) is 72.9 Å². The molecule has 5 heteroatoms. The van der Waals surface area contributed by atoms with Crippen molar-refractivity contribution < 1.29 is 9.90 Å². The Bertz CT molecular complexity index is 1260. The molecule has 5 nitrogen and oxygen atoms in total. The third-order valence-corrected chi connectivity index (χ3v) is 6.57. The quantitative estimate of drug-likeness (QED) is 0.415. The van der Waals surface area contributed by atoms with Gasteiger partial charge in [-0.1, -0.05) is 54.6 Å². The molecule has 0 saturated heterocycles. The van der Waals surface area contributed by atoms with Crippen LogP contribution in [0.25, 0.3) is 28.2 Å². The summed E-state index contributed by atoms with van der Waals surface area (Å²) in [5, 5.41) is 8.92. The molecular weight excluding hydrogens is 398 g/mol. The van der Waals surface area contributed by atoms with Gasteiger partial charge in [0.2, 0.25) is 0 Å². The van der Waals surface area contributed by atoms with Crippen LogP contribution in [0.3, 0.4) is 0 Å². The number of aryl methyl sites for hydroxylation is 1. The number of pyridine rings is 1. The van der Waals surface area contributed by atoms with Crippen molar-refractivity contribution in [1.29, 1.82) is 0 Å². The topological polar surface area (TPSA) is 80.6 Å². The Morgan fingerprint density at radius 3 is 2.44 bits per heavy atom. The van der Waals surface area contributed by atoms with E-state index >= 15 is 0 Å². The molecule has 0 aliphatic heterocycles. The van der Waals surface area contributed by atoms with Gasteiger partial charge in [-0.05, 0) is 55.4 Å². The zero-order valence-electron chi connectivity index (χ0n) is 18.0. The number of carbonyl (C=O) groups is 1. The van der Waals surface area contributed by atoms with Crippen LogP contribution >= 0.6 is 0 Å². The molecule has 0 amide bonds. The molecule has 162 valence electrons. The number of carboxylic acids is 1. The maximum absolute atomic E-state index is 10.8. The largest absolute Gasteiger partial charge is 0.481 e. The van der Waals surface area contributed by atoms with Gasteiger partial charge >= 0.3 is 5.97 Å². The van der Waals surface area contributed by atoms with E-state index in [1.165, 1.54) is 12.0 Å². The third kappa shape index (κ3) is 3.80. The highest BCUT2D eigenvalue weighted by atomic mass is 16.4. The predicted octanol–water partition coefficient (Wildman–Crippen LogP) is 5.41. The van der Waals surface area contributed by atoms with Crippen molar-refractivity contribution in [3.05, 3.63) is 84.1 Å². The van der Waals surface area contributed by atoms with E-state index in [4.69, 9.17) is 15.8 Å². The molecule has 3 N–H and O–H groups in total. The minimum Gasteiger partial charge on any atom is -0.481 e. The highest BCUT2D eigenvalue weighted by Gasteiger charge is 2.34. The fourth-order valence-electron chi connectivity index (χ4n) is 4.57. The fraction of sp³-hybridized carbons (Fsp3) is 0.259. The number of imidazole rings is 1. The number of aliphatic carboxylic acids is 1. The van der Waals surface area contributed by atoms with Gasteiger partial charge in [0, 0.05) is 29.3 Å². The van der Waals surface area contributed by atoms with Gasteiger partial charge in [-0.25, -0.2) is 4.98 Å². The summed E-state index contributed by atoms with van der Waals surface area (Å²) in [6.07, 6.45) is 6.84. The maximum Gasteiger partial charge on any atom is 0.303 e. The van der Waals surface area contributed by atoms with Crippen LogP contribution in [0.2, 0.25) is 0 Å². The lowest BCUT2D eigenvalue weighted by Gasteiger charge is -2.38. The minimum absolute atomic E-state index is 0.176. The van der Waals surface area contributed by atoms with Crippen molar-refractivity contribution in [2.45, 2.75) is 44.1 Å². The molecule has 0 atom stereocenters. The van der Waals surface area contributed by atoms with E-state index < -0.39 is 5.97 Å². The molecule has 5 rings (SSSR count). The molecule has 2 heterocycles. The van der Waals surface area contributed by atoms with Crippen LogP contribution < -0.4 is 5.73 Å². The standard InChI is InChI=1S/C27H27N3O2/c28-27(15-5-16-27)22-12-10-20(11-13-22)25-26(21-7-2-1-3-8-21)30-17-14-19(18-23(30)29-25)6-4-9-24(31)32/h1-3,7-8,10-14,17-18H,4-6,9,15-16,28H2,(H,31,32). The number of carboxylic acid groups (broad SMARTS) is 1. The highest BCUT2D eigenvalue weighted by Crippen LogP contribution is 2.40. The summed E-state index contributed by atoms with van der Waals surface area (Å²) >= 11 is 0. The number of aromatic nitrogens is 2. The number of hydrogen-bond donors (Lipinski definition) is 2. The lowest BCUT2D eigenvalue weighted by molar-refractivity contribution is -0.137. The van der Waals surface area contributed by atoms with E-state index in [1.807, 2.05) is 24.4 Å². The smallest absolute Gasteiger partial charge is 0.303 e. The van der Waals surface area contributed by atoms with Gasteiger partial charge in [-0.3, -0.25) is 9.20 Å². The number of nitrogens with two attached hydrogens (primary N) is 1. The zero-order valence-corrected chi connectivity index (χ0v) is 18.0. The molecule has 0 unspecified atom stereocenters. The normalized spacial score (nSPS) is 14.9. The monoisotopic (exact) mass is 425 g/mol. The van der Waals surface area contributed by atoms with Gasteiger partial charge in [-0.2, -0.15) is 0 Å². The first kappa shape index (κ1) is 20.5. The van der Waals surface area contributed by atoms with Crippen LogP contribution in [-0.4, -0.2) is 20.5 Å². The minimum atomic E-state index is -0.759. The van der Waals surface area contributed by atoms with Crippen molar-refractivity contribution in [2.24, 2.45) is 5.73 Å². The first-order valence-electron chi connectivity index (χ1n) is 11.2. The molecule has 0 radical (unpaired) electrons. The Morgan fingerprint density at radius 1 is 1.03 bits per heavy atom. The fourth-order valence-corrected chi connectivity index (χ4v) is 4.57. The van der Waals surface area contributed by atoms with Gasteiger partial charge in [0.05, 0.1) is 11.4 Å². The molecular formula is C27H27N3O2. The second kappa shape index (κ2) is 8.24. The summed E-state index contributed by atoms with van der Waals surface area (Å²) in [5.41, 5.74) is 13.6. The molecule has 0 spiro atoms. The Morgan fingerprint density at radius 2 is 1.78 bits per heavy atom. The lowest BCUT2D eigenvalue weighted by atomic mass is 9.72. The number of benzene rings is 2. The predicted molar refractivity (Wildman–Crippen MR) is 126 cm³/mol. The summed E-state index contributed by atoms with van der Waals surface area (Å²) in [6, 6.07) is 23.0. The van der Waals surface area contributed by atoms with Crippen molar-refractivity contribution in [2.75, 3.05) is 0 Å². The van der Waals surface area contributed by atoms with E-state index in [1.54, 1.807) is 0 Å². The Labute approximate surface area is 187 Å². The number of hydrogen-bond acceptors (Lipinski definition) is 3. The Balaban J connectivity index is 1.56. The Kier molecular flexibility index (Phi) is 5.27. The molecule has 1 fully saturated rings. The first-order chi connectivity index (χ1) is 15.5. The van der Waals surface area contributed by atoms with E-state index in [9.17, 15) is 4.79 Å². The molecule has 1 aliphatic carbocycles. The molecule has 4 aromatic rings. The summed E-state index contributed by atoms with van der Waals surface area (Å²) in [7, 11) is 0. The van der Waals surface area contributed by atoms with Gasteiger partial charge in [-0.15, -0.1) is 0 Å². The number of rotatable bonds is 7. The third-order valence-electron chi connectivity index (χ3n) is 6.57. The van der Waals surface area contributed by atoms with Crippen molar-refractivity contribution in [1.82, 2.24) is 9.38 Å². The zero-order chi connectivity index (χ0) is 22.1. The maximum atomic E-state index is 10.8. The summed E-state index contributed by atoms with van der Waals surface area (Å²) in [5.74, 6) is -0.759. The van der Waals surface area contributed by atoms with Crippen LogP contribution in [0.4, 0.5) is 0 Å². The van der Waals surface area contributed by atoms with Crippen LogP contribution in [0, 0.1) is 0 Å². The SMILES string of the molecule is NC1(c2ccc(-c3nc4cc(CCCC(=O)O)ccn4c3-c3ccccc3)cc2)CCC1. The van der Waals surface area contributed by atoms with Crippen molar-refractivity contribution in [3.8, 4) is 22.5 Å². The molecule has 2 aromatic carbocycles. The molecule has 0 bridgehead atoms. The Hall–Kier alpha value is -3.44.